The molecule has 0 spiro atoms. The molecule has 0 bridgehead atoms. The van der Waals surface area contributed by atoms with Gasteiger partial charge in [-0.3, -0.25) is 4.67 Å². The summed E-state index contributed by atoms with van der Waals surface area (Å²) in [6.45, 7) is 7.04. The Hall–Kier alpha value is -1.21. The van der Waals surface area contributed by atoms with Crippen LogP contribution in [0.25, 0.3) is 0 Å². The minimum atomic E-state index is -0.329. The third kappa shape index (κ3) is 2.42. The summed E-state index contributed by atoms with van der Waals surface area (Å²) in [4.78, 5) is 0. The van der Waals surface area contributed by atoms with E-state index in [2.05, 4.69) is 60.7 Å². The molecule has 1 aromatic rings. The molecule has 1 aromatic carbocycles. The van der Waals surface area contributed by atoms with Gasteiger partial charge in [0.05, 0.1) is 15.0 Å². The van der Waals surface area contributed by atoms with Gasteiger partial charge in [0.1, 0.15) is 5.60 Å². The van der Waals surface area contributed by atoms with Crippen molar-refractivity contribution in [3.8, 4) is 0 Å². The molecule has 0 saturated carbocycles. The number of benzene rings is 1. The highest BCUT2D eigenvalue weighted by molar-refractivity contribution is 7.29. The maximum atomic E-state index is 6.44. The molecular formula is C18H22NOP. The van der Waals surface area contributed by atoms with Crippen molar-refractivity contribution in [2.24, 2.45) is 0 Å². The fourth-order valence-corrected chi connectivity index (χ4v) is 4.78. The molecule has 0 amide bonds. The number of rotatable bonds is 4. The van der Waals surface area contributed by atoms with Crippen LogP contribution < -0.4 is 0 Å². The summed E-state index contributed by atoms with van der Waals surface area (Å²) in [5.41, 5.74) is 2.16. The van der Waals surface area contributed by atoms with Gasteiger partial charge in [-0.2, -0.15) is 0 Å². The second-order valence-electron chi connectivity index (χ2n) is 5.49. The Kier molecular flexibility index (Phi) is 4.40. The van der Waals surface area contributed by atoms with Crippen LogP contribution in [-0.4, -0.2) is 17.3 Å². The first-order valence-electron chi connectivity index (χ1n) is 7.54. The van der Waals surface area contributed by atoms with E-state index in [4.69, 9.17) is 4.52 Å². The van der Waals surface area contributed by atoms with E-state index in [1.807, 2.05) is 12.2 Å². The van der Waals surface area contributed by atoms with Gasteiger partial charge in [-0.25, -0.2) is 0 Å². The van der Waals surface area contributed by atoms with Crippen LogP contribution in [0.2, 0.25) is 0 Å². The molecule has 0 aromatic heterocycles. The molecule has 2 aliphatic rings. The van der Waals surface area contributed by atoms with Crippen molar-refractivity contribution in [3.63, 3.8) is 0 Å². The lowest BCUT2D eigenvalue weighted by Gasteiger charge is -2.35. The number of hydrogen-bond acceptors (Lipinski definition) is 2. The first-order valence-corrected chi connectivity index (χ1v) is 8.40. The Balaban J connectivity index is 2.11. The first-order chi connectivity index (χ1) is 10.3. The van der Waals surface area contributed by atoms with E-state index >= 15 is 0 Å². The SMILES string of the molecule is C=C/C=C\C(=C/C)C1(c2ccccc2)OPN2CCCC21. The van der Waals surface area contributed by atoms with Crippen molar-refractivity contribution in [1.29, 1.82) is 0 Å². The Morgan fingerprint density at radius 2 is 2.24 bits per heavy atom. The number of allylic oxidation sites excluding steroid dienone is 3. The van der Waals surface area contributed by atoms with Crippen molar-refractivity contribution in [3.05, 3.63) is 72.4 Å². The number of nitrogens with zero attached hydrogens (tertiary/aromatic N) is 1. The van der Waals surface area contributed by atoms with Crippen LogP contribution >= 0.6 is 8.96 Å². The number of fused-ring (bicyclic) bond motifs is 1. The molecule has 3 rings (SSSR count). The molecule has 0 radical (unpaired) electrons. The predicted molar refractivity (Wildman–Crippen MR) is 90.3 cm³/mol. The average Bonchev–Trinajstić information content (AvgIpc) is 3.12. The molecule has 110 valence electrons. The molecule has 3 heteroatoms. The molecule has 0 aliphatic carbocycles. The van der Waals surface area contributed by atoms with E-state index in [1.165, 1.54) is 24.0 Å². The highest BCUT2D eigenvalue weighted by Gasteiger charge is 2.53. The van der Waals surface area contributed by atoms with Gasteiger partial charge in [-0.05, 0) is 30.9 Å². The highest BCUT2D eigenvalue weighted by Crippen LogP contribution is 2.56. The van der Waals surface area contributed by atoms with Gasteiger partial charge in [0, 0.05) is 6.54 Å². The fourth-order valence-electron chi connectivity index (χ4n) is 3.46. The lowest BCUT2D eigenvalue weighted by Crippen LogP contribution is -2.41. The zero-order chi connectivity index (χ0) is 14.7. The molecule has 2 saturated heterocycles. The predicted octanol–water partition coefficient (Wildman–Crippen LogP) is 4.57. The van der Waals surface area contributed by atoms with Crippen molar-refractivity contribution >= 4 is 8.96 Å². The van der Waals surface area contributed by atoms with E-state index < -0.39 is 0 Å². The molecular weight excluding hydrogens is 277 g/mol. The van der Waals surface area contributed by atoms with Crippen LogP contribution in [-0.2, 0) is 10.1 Å². The Morgan fingerprint density at radius 3 is 2.95 bits per heavy atom. The summed E-state index contributed by atoms with van der Waals surface area (Å²) >= 11 is 0. The molecule has 3 unspecified atom stereocenters. The second kappa shape index (κ2) is 6.27. The molecule has 2 heterocycles. The van der Waals surface area contributed by atoms with Crippen molar-refractivity contribution in [2.75, 3.05) is 6.54 Å². The van der Waals surface area contributed by atoms with Gasteiger partial charge >= 0.3 is 0 Å². The maximum Gasteiger partial charge on any atom is 0.139 e. The second-order valence-corrected chi connectivity index (χ2v) is 6.45. The molecule has 21 heavy (non-hydrogen) atoms. The summed E-state index contributed by atoms with van der Waals surface area (Å²) in [5, 5.41) is 0. The van der Waals surface area contributed by atoms with Crippen LogP contribution in [0, 0.1) is 0 Å². The van der Waals surface area contributed by atoms with Crippen LogP contribution in [0.3, 0.4) is 0 Å². The Morgan fingerprint density at radius 1 is 1.43 bits per heavy atom. The van der Waals surface area contributed by atoms with Crippen molar-refractivity contribution < 1.29 is 4.52 Å². The summed E-state index contributed by atoms with van der Waals surface area (Å²) in [6.07, 6.45) is 10.6. The van der Waals surface area contributed by atoms with Gasteiger partial charge in [-0.15, -0.1) is 0 Å². The van der Waals surface area contributed by atoms with Crippen LogP contribution in [0.15, 0.2) is 66.8 Å². The summed E-state index contributed by atoms with van der Waals surface area (Å²) in [7, 11) is 0.453. The minimum absolute atomic E-state index is 0.329. The normalized spacial score (nSPS) is 31.1. The standard InChI is InChI=1S/C18H22NOP/c1-3-5-10-15(4-2)18(16-11-7-6-8-12-16)17-13-9-14-19(17)21-20-18/h3-8,10-12,17,21H,1,9,13-14H2,2H3/b10-5-,15-4+. The highest BCUT2D eigenvalue weighted by atomic mass is 31.1. The quantitative estimate of drug-likeness (QED) is 0.596. The fraction of sp³-hybridized carbons (Fsp3) is 0.333. The molecule has 0 N–H and O–H groups in total. The molecule has 3 atom stereocenters. The molecule has 2 fully saturated rings. The average molecular weight is 299 g/mol. The van der Waals surface area contributed by atoms with E-state index in [9.17, 15) is 0 Å². The van der Waals surface area contributed by atoms with Gasteiger partial charge in [0.25, 0.3) is 0 Å². The van der Waals surface area contributed by atoms with Gasteiger partial charge in [-0.1, -0.05) is 61.2 Å². The monoisotopic (exact) mass is 299 g/mol. The van der Waals surface area contributed by atoms with E-state index in [-0.39, 0.29) is 5.60 Å². The summed E-state index contributed by atoms with van der Waals surface area (Å²) in [6, 6.07) is 11.1. The topological polar surface area (TPSA) is 12.5 Å². The van der Waals surface area contributed by atoms with Crippen LogP contribution in [0.4, 0.5) is 0 Å². The number of hydrogen-bond donors (Lipinski definition) is 0. The zero-order valence-electron chi connectivity index (χ0n) is 12.5. The van der Waals surface area contributed by atoms with E-state index in [0.717, 1.165) is 6.54 Å². The Labute approximate surface area is 129 Å². The van der Waals surface area contributed by atoms with Crippen molar-refractivity contribution in [1.82, 2.24) is 4.67 Å². The third-order valence-corrected chi connectivity index (χ3v) is 5.58. The van der Waals surface area contributed by atoms with Gasteiger partial charge in [0.15, 0.2) is 0 Å². The zero-order valence-corrected chi connectivity index (χ0v) is 13.5. The van der Waals surface area contributed by atoms with E-state index in [0.29, 0.717) is 15.0 Å². The smallest absolute Gasteiger partial charge is 0.139 e. The molecule has 2 aliphatic heterocycles. The van der Waals surface area contributed by atoms with Gasteiger partial charge < -0.3 is 4.52 Å². The largest absolute Gasteiger partial charge is 0.329 e. The third-order valence-electron chi connectivity index (χ3n) is 4.40. The maximum absolute atomic E-state index is 6.44. The van der Waals surface area contributed by atoms with Crippen LogP contribution in [0.5, 0.6) is 0 Å². The summed E-state index contributed by atoms with van der Waals surface area (Å²) in [5.74, 6) is 0. The van der Waals surface area contributed by atoms with Gasteiger partial charge in [0.2, 0.25) is 0 Å². The lowest BCUT2D eigenvalue weighted by molar-refractivity contribution is 0.114. The summed E-state index contributed by atoms with van der Waals surface area (Å²) < 4.78 is 8.94. The first kappa shape index (κ1) is 14.7. The molecule has 2 nitrogen and oxygen atoms in total. The lowest BCUT2D eigenvalue weighted by atomic mass is 9.78. The van der Waals surface area contributed by atoms with E-state index in [1.54, 1.807) is 0 Å². The van der Waals surface area contributed by atoms with Crippen LogP contribution in [0.1, 0.15) is 25.3 Å². The van der Waals surface area contributed by atoms with Crippen molar-refractivity contribution in [2.45, 2.75) is 31.4 Å². The minimum Gasteiger partial charge on any atom is -0.329 e. The Bertz CT molecular complexity index is 566.